The minimum absolute atomic E-state index is 0.114. The monoisotopic (exact) mass is 405 g/mol. The number of ether oxygens (including phenoxy) is 3. The summed E-state index contributed by atoms with van der Waals surface area (Å²) in [4.78, 5) is 12.2. The van der Waals surface area contributed by atoms with Crippen LogP contribution < -0.4 is 19.5 Å². The number of amides is 1. The van der Waals surface area contributed by atoms with Crippen molar-refractivity contribution in [2.45, 2.75) is 19.6 Å². The maximum absolute atomic E-state index is 12.5. The van der Waals surface area contributed by atoms with Crippen molar-refractivity contribution in [2.75, 3.05) is 12.4 Å². The Morgan fingerprint density at radius 2 is 1.77 bits per heavy atom. The molecule has 0 radical (unpaired) electrons. The molecule has 0 aliphatic heterocycles. The van der Waals surface area contributed by atoms with Gasteiger partial charge in [-0.15, -0.1) is 0 Å². The molecule has 1 atom stereocenters. The van der Waals surface area contributed by atoms with Gasteiger partial charge >= 0.3 is 6.61 Å². The van der Waals surface area contributed by atoms with Gasteiger partial charge in [-0.3, -0.25) is 4.79 Å². The number of carbonyl (C=O) groups excluding carboxylic acids is 1. The van der Waals surface area contributed by atoms with Gasteiger partial charge in [-0.2, -0.15) is 8.78 Å². The minimum Gasteiger partial charge on any atom is -0.493 e. The van der Waals surface area contributed by atoms with Crippen LogP contribution in [0.15, 0.2) is 36.4 Å². The second kappa shape index (κ2) is 8.91. The molecule has 0 fully saturated rings. The molecule has 2 aromatic rings. The van der Waals surface area contributed by atoms with E-state index in [-0.39, 0.29) is 17.2 Å². The van der Waals surface area contributed by atoms with E-state index in [1.165, 1.54) is 38.3 Å². The maximum Gasteiger partial charge on any atom is 0.387 e. The van der Waals surface area contributed by atoms with E-state index < -0.39 is 18.6 Å². The second-order valence-electron chi connectivity index (χ2n) is 5.07. The first-order valence-corrected chi connectivity index (χ1v) is 8.11. The highest BCUT2D eigenvalue weighted by atomic mass is 35.5. The van der Waals surface area contributed by atoms with Gasteiger partial charge in [0.15, 0.2) is 17.6 Å². The number of nitrogens with one attached hydrogen (secondary N) is 1. The van der Waals surface area contributed by atoms with Crippen molar-refractivity contribution >= 4 is 34.8 Å². The van der Waals surface area contributed by atoms with Crippen molar-refractivity contribution in [1.82, 2.24) is 0 Å². The van der Waals surface area contributed by atoms with Crippen molar-refractivity contribution < 1.29 is 27.8 Å². The van der Waals surface area contributed by atoms with E-state index in [1.807, 2.05) is 0 Å². The molecule has 140 valence electrons. The normalized spacial score (nSPS) is 11.8. The highest BCUT2D eigenvalue weighted by Gasteiger charge is 2.17. The van der Waals surface area contributed by atoms with Gasteiger partial charge in [0.1, 0.15) is 5.75 Å². The summed E-state index contributed by atoms with van der Waals surface area (Å²) in [6.45, 7) is -1.50. The Bertz CT molecular complexity index is 789. The largest absolute Gasteiger partial charge is 0.493 e. The fourth-order valence-electron chi connectivity index (χ4n) is 1.99. The Morgan fingerprint density at radius 3 is 2.38 bits per heavy atom. The zero-order valence-corrected chi connectivity index (χ0v) is 15.3. The molecule has 1 amide bonds. The average molecular weight is 406 g/mol. The second-order valence-corrected chi connectivity index (χ2v) is 5.88. The topological polar surface area (TPSA) is 56.8 Å². The number of halogens is 4. The summed E-state index contributed by atoms with van der Waals surface area (Å²) in [5.74, 6) is -0.218. The zero-order valence-electron chi connectivity index (χ0n) is 13.8. The van der Waals surface area contributed by atoms with Gasteiger partial charge in [-0.25, -0.2) is 0 Å². The van der Waals surface area contributed by atoms with Crippen LogP contribution in [0.4, 0.5) is 14.5 Å². The van der Waals surface area contributed by atoms with Gasteiger partial charge in [-0.05, 0) is 31.2 Å². The lowest BCUT2D eigenvalue weighted by molar-refractivity contribution is -0.122. The minimum atomic E-state index is -3.02. The van der Waals surface area contributed by atoms with Gasteiger partial charge in [0, 0.05) is 17.8 Å². The molecule has 0 spiro atoms. The molecule has 2 aromatic carbocycles. The SMILES string of the molecule is COc1ccc(NC(=O)C(C)Oc2ccc(Cl)c(Cl)c2)cc1OC(F)F. The Balaban J connectivity index is 2.07. The van der Waals surface area contributed by atoms with E-state index in [0.29, 0.717) is 15.8 Å². The van der Waals surface area contributed by atoms with Gasteiger partial charge in [0.2, 0.25) is 0 Å². The summed E-state index contributed by atoms with van der Waals surface area (Å²) in [7, 11) is 1.32. The predicted octanol–water partition coefficient (Wildman–Crippen LogP) is 5.01. The molecule has 26 heavy (non-hydrogen) atoms. The molecule has 0 aromatic heterocycles. The van der Waals surface area contributed by atoms with Crippen LogP contribution in [0.1, 0.15) is 6.92 Å². The number of benzene rings is 2. The van der Waals surface area contributed by atoms with E-state index in [0.717, 1.165) is 0 Å². The first kappa shape index (κ1) is 20.1. The van der Waals surface area contributed by atoms with Gasteiger partial charge in [-0.1, -0.05) is 23.2 Å². The third kappa shape index (κ3) is 5.37. The van der Waals surface area contributed by atoms with E-state index in [4.69, 9.17) is 32.7 Å². The molecule has 0 aliphatic carbocycles. The fourth-order valence-corrected chi connectivity index (χ4v) is 2.28. The molecule has 0 heterocycles. The van der Waals surface area contributed by atoms with E-state index in [9.17, 15) is 13.6 Å². The summed E-state index contributed by atoms with van der Waals surface area (Å²) in [6, 6.07) is 8.71. The Hall–Kier alpha value is -2.25. The van der Waals surface area contributed by atoms with Crippen molar-refractivity contribution in [3.8, 4) is 17.2 Å². The summed E-state index contributed by atoms with van der Waals surface area (Å²) in [5.41, 5.74) is 0.246. The summed E-state index contributed by atoms with van der Waals surface area (Å²) in [6.07, 6.45) is -0.881. The summed E-state index contributed by atoms with van der Waals surface area (Å²) in [5, 5.41) is 3.20. The van der Waals surface area contributed by atoms with Crippen LogP contribution in [0.25, 0.3) is 0 Å². The fraction of sp³-hybridized carbons (Fsp3) is 0.235. The lowest BCUT2D eigenvalue weighted by Crippen LogP contribution is -2.30. The van der Waals surface area contributed by atoms with E-state index in [2.05, 4.69) is 10.1 Å². The Morgan fingerprint density at radius 1 is 1.04 bits per heavy atom. The lowest BCUT2D eigenvalue weighted by atomic mass is 10.2. The lowest BCUT2D eigenvalue weighted by Gasteiger charge is -2.16. The molecule has 1 unspecified atom stereocenters. The third-order valence-corrected chi connectivity index (χ3v) is 3.96. The van der Waals surface area contributed by atoms with Crippen LogP contribution in [0, 0.1) is 0 Å². The number of methoxy groups -OCH3 is 1. The van der Waals surface area contributed by atoms with Crippen LogP contribution in [0.3, 0.4) is 0 Å². The van der Waals surface area contributed by atoms with Gasteiger partial charge < -0.3 is 19.5 Å². The van der Waals surface area contributed by atoms with E-state index in [1.54, 1.807) is 12.1 Å². The maximum atomic E-state index is 12.5. The standard InChI is InChI=1S/C17H15Cl2F2NO4/c1-9(25-11-4-5-12(18)13(19)8-11)16(23)22-10-3-6-14(24-2)15(7-10)26-17(20)21/h3-9,17H,1-2H3,(H,22,23). The number of hydrogen-bond acceptors (Lipinski definition) is 4. The van der Waals surface area contributed by atoms with Gasteiger partial charge in [0.05, 0.1) is 17.2 Å². The summed E-state index contributed by atoms with van der Waals surface area (Å²) >= 11 is 11.7. The molecule has 1 N–H and O–H groups in total. The van der Waals surface area contributed by atoms with Crippen LogP contribution in [0.5, 0.6) is 17.2 Å². The van der Waals surface area contributed by atoms with Crippen LogP contribution in [0.2, 0.25) is 10.0 Å². The third-order valence-electron chi connectivity index (χ3n) is 3.22. The Kier molecular flexibility index (Phi) is 6.88. The quantitative estimate of drug-likeness (QED) is 0.703. The molecule has 0 saturated carbocycles. The van der Waals surface area contributed by atoms with Crippen molar-refractivity contribution in [3.63, 3.8) is 0 Å². The molecule has 9 heteroatoms. The van der Waals surface area contributed by atoms with Crippen LogP contribution >= 0.6 is 23.2 Å². The average Bonchev–Trinajstić information content (AvgIpc) is 2.58. The van der Waals surface area contributed by atoms with Crippen LogP contribution in [-0.4, -0.2) is 25.7 Å². The van der Waals surface area contributed by atoms with Gasteiger partial charge in [0.25, 0.3) is 5.91 Å². The van der Waals surface area contributed by atoms with Crippen molar-refractivity contribution in [1.29, 1.82) is 0 Å². The number of carbonyl (C=O) groups is 1. The Labute approximate surface area is 158 Å². The number of rotatable bonds is 7. The number of anilines is 1. The highest BCUT2D eigenvalue weighted by Crippen LogP contribution is 2.32. The van der Waals surface area contributed by atoms with E-state index >= 15 is 0 Å². The molecule has 0 saturated heterocycles. The zero-order chi connectivity index (χ0) is 19.3. The molecule has 5 nitrogen and oxygen atoms in total. The number of hydrogen-bond donors (Lipinski definition) is 1. The molecule has 2 rings (SSSR count). The first-order chi connectivity index (χ1) is 12.3. The smallest absolute Gasteiger partial charge is 0.387 e. The molecular formula is C17H15Cl2F2NO4. The predicted molar refractivity (Wildman–Crippen MR) is 94.8 cm³/mol. The highest BCUT2D eigenvalue weighted by molar-refractivity contribution is 6.42. The molecule has 0 bridgehead atoms. The van der Waals surface area contributed by atoms with Crippen LogP contribution in [-0.2, 0) is 4.79 Å². The van der Waals surface area contributed by atoms with Crippen molar-refractivity contribution in [3.05, 3.63) is 46.4 Å². The molecular weight excluding hydrogens is 391 g/mol. The number of alkyl halides is 2. The first-order valence-electron chi connectivity index (χ1n) is 7.35. The summed E-state index contributed by atoms with van der Waals surface area (Å²) < 4.78 is 39.7. The molecule has 0 aliphatic rings. The van der Waals surface area contributed by atoms with Crippen molar-refractivity contribution in [2.24, 2.45) is 0 Å².